The molecule has 0 spiro atoms. The highest BCUT2D eigenvalue weighted by atomic mass is 35.5. The molecule has 0 radical (unpaired) electrons. The summed E-state index contributed by atoms with van der Waals surface area (Å²) in [6.07, 6.45) is 6.85. The van der Waals surface area contributed by atoms with Crippen LogP contribution in [-0.4, -0.2) is 20.4 Å². The van der Waals surface area contributed by atoms with Crippen molar-refractivity contribution in [3.8, 4) is 5.69 Å². The van der Waals surface area contributed by atoms with Crippen LogP contribution in [0.3, 0.4) is 0 Å². The second-order valence-corrected chi connectivity index (χ2v) is 5.11. The first-order chi connectivity index (χ1) is 10.7. The topological polar surface area (TPSA) is 59.8 Å². The van der Waals surface area contributed by atoms with Gasteiger partial charge in [0.2, 0.25) is 0 Å². The molecule has 6 heteroatoms. The molecule has 0 aliphatic heterocycles. The lowest BCUT2D eigenvalue weighted by molar-refractivity contribution is 0.0946. The fourth-order valence-electron chi connectivity index (χ4n) is 2.00. The maximum Gasteiger partial charge on any atom is 0.270 e. The molecule has 3 rings (SSSR count). The van der Waals surface area contributed by atoms with E-state index in [1.54, 1.807) is 24.7 Å². The van der Waals surface area contributed by atoms with Crippen molar-refractivity contribution < 1.29 is 4.79 Å². The molecule has 0 atom stereocenters. The molecule has 5 nitrogen and oxygen atoms in total. The number of aromatic nitrogens is 3. The normalized spacial score (nSPS) is 10.4. The van der Waals surface area contributed by atoms with Crippen molar-refractivity contribution in [3.63, 3.8) is 0 Å². The van der Waals surface area contributed by atoms with Gasteiger partial charge >= 0.3 is 0 Å². The molecule has 0 fully saturated rings. The first-order valence-corrected chi connectivity index (χ1v) is 7.07. The monoisotopic (exact) mass is 312 g/mol. The Kier molecular flexibility index (Phi) is 4.16. The zero-order valence-corrected chi connectivity index (χ0v) is 12.4. The summed E-state index contributed by atoms with van der Waals surface area (Å²) >= 11 is 5.84. The molecule has 1 aromatic carbocycles. The van der Waals surface area contributed by atoms with Crippen LogP contribution >= 0.6 is 11.6 Å². The van der Waals surface area contributed by atoms with E-state index < -0.39 is 0 Å². The summed E-state index contributed by atoms with van der Waals surface area (Å²) in [7, 11) is 0. The number of pyridine rings is 1. The molecule has 2 aromatic heterocycles. The van der Waals surface area contributed by atoms with Crippen molar-refractivity contribution in [3.05, 3.63) is 77.6 Å². The highest BCUT2D eigenvalue weighted by molar-refractivity contribution is 6.30. The number of rotatable bonds is 4. The second-order valence-electron chi connectivity index (χ2n) is 4.68. The van der Waals surface area contributed by atoms with Gasteiger partial charge in [-0.2, -0.15) is 0 Å². The Morgan fingerprint density at radius 3 is 2.68 bits per heavy atom. The lowest BCUT2D eigenvalue weighted by Crippen LogP contribution is -2.23. The number of halogens is 1. The largest absolute Gasteiger partial charge is 0.347 e. The number of benzene rings is 1. The summed E-state index contributed by atoms with van der Waals surface area (Å²) in [5.41, 5.74) is 2.32. The van der Waals surface area contributed by atoms with Crippen molar-refractivity contribution in [2.24, 2.45) is 0 Å². The number of carbonyl (C=O) groups is 1. The zero-order valence-electron chi connectivity index (χ0n) is 11.6. The van der Waals surface area contributed by atoms with Crippen LogP contribution in [0, 0.1) is 0 Å². The summed E-state index contributed by atoms with van der Waals surface area (Å²) in [6, 6.07) is 11.0. The third-order valence-electron chi connectivity index (χ3n) is 3.15. The summed E-state index contributed by atoms with van der Waals surface area (Å²) in [5.74, 6) is -0.249. The SMILES string of the molecule is O=C(NCc1ccc(-n2ccnc2)cc1)c1cc(Cl)ccn1. The number of carbonyl (C=O) groups excluding carboxylic acids is 1. The fraction of sp³-hybridized carbons (Fsp3) is 0.0625. The average Bonchev–Trinajstić information content (AvgIpc) is 3.07. The average molecular weight is 313 g/mol. The second kappa shape index (κ2) is 6.41. The van der Waals surface area contributed by atoms with Crippen LogP contribution in [0.1, 0.15) is 16.1 Å². The Morgan fingerprint density at radius 2 is 2.00 bits per heavy atom. The van der Waals surface area contributed by atoms with Crippen molar-refractivity contribution >= 4 is 17.5 Å². The molecule has 1 amide bonds. The summed E-state index contributed by atoms with van der Waals surface area (Å²) < 4.78 is 1.91. The fourth-order valence-corrected chi connectivity index (χ4v) is 2.16. The maximum atomic E-state index is 12.0. The Morgan fingerprint density at radius 1 is 1.18 bits per heavy atom. The van der Waals surface area contributed by atoms with Crippen LogP contribution in [0.4, 0.5) is 0 Å². The molecule has 0 aliphatic rings. The van der Waals surface area contributed by atoms with E-state index in [-0.39, 0.29) is 5.91 Å². The van der Waals surface area contributed by atoms with Crippen molar-refractivity contribution in [1.82, 2.24) is 19.9 Å². The van der Waals surface area contributed by atoms with Crippen molar-refractivity contribution in [2.45, 2.75) is 6.54 Å². The number of hydrogen-bond acceptors (Lipinski definition) is 3. The van der Waals surface area contributed by atoms with Gasteiger partial charge in [-0.25, -0.2) is 4.98 Å². The van der Waals surface area contributed by atoms with Gasteiger partial charge in [0.15, 0.2) is 0 Å². The molecule has 2 heterocycles. The molecule has 0 bridgehead atoms. The van der Waals surface area contributed by atoms with E-state index in [0.717, 1.165) is 11.3 Å². The van der Waals surface area contributed by atoms with E-state index in [4.69, 9.17) is 11.6 Å². The van der Waals surface area contributed by atoms with Gasteiger partial charge in [-0.3, -0.25) is 9.78 Å². The third kappa shape index (κ3) is 3.32. The molecule has 0 aliphatic carbocycles. The van der Waals surface area contributed by atoms with Gasteiger partial charge in [-0.05, 0) is 29.8 Å². The molecule has 22 heavy (non-hydrogen) atoms. The number of amides is 1. The van der Waals surface area contributed by atoms with Gasteiger partial charge in [-0.1, -0.05) is 23.7 Å². The minimum absolute atomic E-state index is 0.249. The number of hydrogen-bond donors (Lipinski definition) is 1. The quantitative estimate of drug-likeness (QED) is 0.806. The van der Waals surface area contributed by atoms with E-state index in [2.05, 4.69) is 15.3 Å². The molecule has 110 valence electrons. The molecule has 3 aromatic rings. The summed E-state index contributed by atoms with van der Waals surface area (Å²) in [6.45, 7) is 0.428. The smallest absolute Gasteiger partial charge is 0.270 e. The van der Waals surface area contributed by atoms with Gasteiger partial charge < -0.3 is 9.88 Å². The van der Waals surface area contributed by atoms with Crippen LogP contribution in [0.15, 0.2) is 61.3 Å². The summed E-state index contributed by atoms with van der Waals surface area (Å²) in [4.78, 5) is 20.0. The Bertz CT molecular complexity index is 769. The van der Waals surface area contributed by atoms with E-state index >= 15 is 0 Å². The van der Waals surface area contributed by atoms with Crippen LogP contribution in [0.2, 0.25) is 5.02 Å². The zero-order chi connectivity index (χ0) is 15.4. The standard InChI is InChI=1S/C16H13ClN4O/c17-13-5-6-19-15(9-13)16(22)20-10-12-1-3-14(4-2-12)21-8-7-18-11-21/h1-9,11H,10H2,(H,20,22). The first kappa shape index (κ1) is 14.3. The minimum atomic E-state index is -0.249. The van der Waals surface area contributed by atoms with Crippen molar-refractivity contribution in [1.29, 1.82) is 0 Å². The molecule has 0 saturated carbocycles. The first-order valence-electron chi connectivity index (χ1n) is 6.69. The van der Waals surface area contributed by atoms with Crippen LogP contribution in [0.25, 0.3) is 5.69 Å². The minimum Gasteiger partial charge on any atom is -0.347 e. The van der Waals surface area contributed by atoms with Gasteiger partial charge in [0.05, 0.1) is 6.33 Å². The van der Waals surface area contributed by atoms with E-state index in [0.29, 0.717) is 17.3 Å². The Labute approximate surface area is 132 Å². The van der Waals surface area contributed by atoms with Gasteiger partial charge in [0.1, 0.15) is 5.69 Å². The van der Waals surface area contributed by atoms with Crippen LogP contribution < -0.4 is 5.32 Å². The van der Waals surface area contributed by atoms with Gasteiger partial charge in [0.25, 0.3) is 5.91 Å². The lowest BCUT2D eigenvalue weighted by Gasteiger charge is -2.07. The molecule has 0 unspecified atom stereocenters. The summed E-state index contributed by atoms with van der Waals surface area (Å²) in [5, 5.41) is 3.31. The van der Waals surface area contributed by atoms with Crippen LogP contribution in [-0.2, 0) is 6.54 Å². The van der Waals surface area contributed by atoms with Crippen molar-refractivity contribution in [2.75, 3.05) is 0 Å². The third-order valence-corrected chi connectivity index (χ3v) is 3.38. The van der Waals surface area contributed by atoms with E-state index in [1.807, 2.05) is 35.0 Å². The highest BCUT2D eigenvalue weighted by Crippen LogP contribution is 2.10. The predicted octanol–water partition coefficient (Wildman–Crippen LogP) is 2.85. The van der Waals surface area contributed by atoms with E-state index in [9.17, 15) is 4.79 Å². The molecule has 1 N–H and O–H groups in total. The highest BCUT2D eigenvalue weighted by Gasteiger charge is 2.07. The van der Waals surface area contributed by atoms with Gasteiger partial charge in [0, 0.05) is 35.8 Å². The predicted molar refractivity (Wildman–Crippen MR) is 84.0 cm³/mol. The number of imidazole rings is 1. The Hall–Kier alpha value is -2.66. The molecular weight excluding hydrogens is 300 g/mol. The number of nitrogens with one attached hydrogen (secondary N) is 1. The molecular formula is C16H13ClN4O. The molecule has 0 saturated heterocycles. The number of nitrogens with zero attached hydrogens (tertiary/aromatic N) is 3. The maximum absolute atomic E-state index is 12.0. The Balaban J connectivity index is 1.63. The van der Waals surface area contributed by atoms with E-state index in [1.165, 1.54) is 6.20 Å². The van der Waals surface area contributed by atoms with Crippen LogP contribution in [0.5, 0.6) is 0 Å². The lowest BCUT2D eigenvalue weighted by atomic mass is 10.2. The van der Waals surface area contributed by atoms with Gasteiger partial charge in [-0.15, -0.1) is 0 Å².